The summed E-state index contributed by atoms with van der Waals surface area (Å²) in [6.07, 6.45) is 1.52. The first-order valence-electron chi connectivity index (χ1n) is 11.7. The number of anilines is 2. The SMILES string of the molecule is C=C(NOCc1ccc(Cl)c(Cl)c1)c1ccc(Nc2c(C#N)cnc3cc(OC(C)C)c(OC)cc23)cc1. The number of benzene rings is 3. The molecular formula is C29H26Cl2N4O3. The van der Waals surface area contributed by atoms with E-state index in [2.05, 4.69) is 28.4 Å². The number of ether oxygens (including phenoxy) is 2. The second-order valence-electron chi connectivity index (χ2n) is 8.67. The zero-order valence-corrected chi connectivity index (χ0v) is 22.7. The van der Waals surface area contributed by atoms with Gasteiger partial charge in [-0.1, -0.05) is 48.0 Å². The number of methoxy groups -OCH3 is 1. The fourth-order valence-electron chi connectivity index (χ4n) is 3.72. The predicted molar refractivity (Wildman–Crippen MR) is 152 cm³/mol. The first-order valence-corrected chi connectivity index (χ1v) is 12.5. The van der Waals surface area contributed by atoms with Gasteiger partial charge in [-0.2, -0.15) is 5.26 Å². The van der Waals surface area contributed by atoms with Crippen LogP contribution in [0.3, 0.4) is 0 Å². The molecule has 1 aromatic heterocycles. The summed E-state index contributed by atoms with van der Waals surface area (Å²) in [5.41, 5.74) is 7.64. The molecule has 0 unspecified atom stereocenters. The molecule has 0 fully saturated rings. The largest absolute Gasteiger partial charge is 0.493 e. The van der Waals surface area contributed by atoms with E-state index in [1.807, 2.05) is 56.3 Å². The van der Waals surface area contributed by atoms with Gasteiger partial charge < -0.3 is 14.8 Å². The average molecular weight is 549 g/mol. The van der Waals surface area contributed by atoms with Crippen LogP contribution >= 0.6 is 23.2 Å². The number of rotatable bonds is 10. The second kappa shape index (κ2) is 12.1. The van der Waals surface area contributed by atoms with Gasteiger partial charge in [0.15, 0.2) is 11.5 Å². The van der Waals surface area contributed by atoms with E-state index in [1.54, 1.807) is 25.4 Å². The lowest BCUT2D eigenvalue weighted by Crippen LogP contribution is -2.12. The minimum Gasteiger partial charge on any atom is -0.493 e. The van der Waals surface area contributed by atoms with Crippen molar-refractivity contribution in [3.63, 3.8) is 0 Å². The Hall–Kier alpha value is -3.96. The molecule has 0 aliphatic heterocycles. The third kappa shape index (κ3) is 6.29. The molecule has 0 aliphatic rings. The molecule has 4 aromatic rings. The van der Waals surface area contributed by atoms with Crippen LogP contribution in [-0.4, -0.2) is 18.2 Å². The molecule has 0 saturated carbocycles. The van der Waals surface area contributed by atoms with E-state index in [9.17, 15) is 5.26 Å². The standard InChI is InChI=1S/C29H26Cl2N4O3/c1-17(2)38-28-13-26-23(12-27(28)36-4)29(21(14-32)15-33-26)34-22-8-6-20(7-9-22)18(3)35-37-16-19-5-10-24(30)25(31)11-19/h5-13,15,17,35H,3,16H2,1-2,4H3,(H,33,34). The summed E-state index contributed by atoms with van der Waals surface area (Å²) < 4.78 is 11.4. The van der Waals surface area contributed by atoms with Crippen molar-refractivity contribution in [3.8, 4) is 17.6 Å². The Morgan fingerprint density at radius 3 is 2.47 bits per heavy atom. The highest BCUT2D eigenvalue weighted by atomic mass is 35.5. The number of halogens is 2. The number of hydrogen-bond donors (Lipinski definition) is 2. The zero-order chi connectivity index (χ0) is 27.2. The Balaban J connectivity index is 1.50. The maximum Gasteiger partial charge on any atom is 0.163 e. The van der Waals surface area contributed by atoms with Crippen LogP contribution in [0.1, 0.15) is 30.5 Å². The van der Waals surface area contributed by atoms with Gasteiger partial charge in [-0.25, -0.2) is 0 Å². The fraction of sp³-hybridized carbons (Fsp3) is 0.172. The summed E-state index contributed by atoms with van der Waals surface area (Å²) in [6.45, 7) is 8.21. The number of aromatic nitrogens is 1. The molecule has 0 amide bonds. The Morgan fingerprint density at radius 2 is 1.82 bits per heavy atom. The summed E-state index contributed by atoms with van der Waals surface area (Å²) in [7, 11) is 1.58. The summed E-state index contributed by atoms with van der Waals surface area (Å²) >= 11 is 12.0. The third-order valence-electron chi connectivity index (χ3n) is 5.56. The van der Waals surface area contributed by atoms with Gasteiger partial charge in [0.1, 0.15) is 6.07 Å². The molecule has 0 bridgehead atoms. The molecule has 0 aliphatic carbocycles. The van der Waals surface area contributed by atoms with Crippen molar-refractivity contribution in [3.05, 3.63) is 94.1 Å². The maximum absolute atomic E-state index is 9.73. The van der Waals surface area contributed by atoms with Gasteiger partial charge in [0.05, 0.1) is 52.3 Å². The normalized spacial score (nSPS) is 10.8. The number of pyridine rings is 1. The van der Waals surface area contributed by atoms with Crippen molar-refractivity contribution >= 4 is 51.2 Å². The van der Waals surface area contributed by atoms with Crippen LogP contribution in [0.4, 0.5) is 11.4 Å². The van der Waals surface area contributed by atoms with E-state index in [4.69, 9.17) is 37.5 Å². The van der Waals surface area contributed by atoms with E-state index >= 15 is 0 Å². The van der Waals surface area contributed by atoms with Gasteiger partial charge in [0, 0.05) is 23.3 Å². The van der Waals surface area contributed by atoms with Crippen molar-refractivity contribution in [2.45, 2.75) is 26.6 Å². The minimum absolute atomic E-state index is 0.0265. The van der Waals surface area contributed by atoms with Gasteiger partial charge in [-0.3, -0.25) is 15.3 Å². The van der Waals surface area contributed by atoms with E-state index in [-0.39, 0.29) is 12.7 Å². The molecule has 0 spiro atoms. The van der Waals surface area contributed by atoms with Crippen LogP contribution in [0.25, 0.3) is 16.6 Å². The summed E-state index contributed by atoms with van der Waals surface area (Å²) in [4.78, 5) is 10.0. The van der Waals surface area contributed by atoms with Crippen LogP contribution in [0, 0.1) is 11.3 Å². The highest BCUT2D eigenvalue weighted by Crippen LogP contribution is 2.37. The van der Waals surface area contributed by atoms with Crippen molar-refractivity contribution in [1.82, 2.24) is 10.5 Å². The van der Waals surface area contributed by atoms with E-state index < -0.39 is 0 Å². The van der Waals surface area contributed by atoms with E-state index in [1.165, 1.54) is 0 Å². The van der Waals surface area contributed by atoms with Crippen LogP contribution in [0.15, 0.2) is 67.4 Å². The zero-order valence-electron chi connectivity index (χ0n) is 21.1. The minimum atomic E-state index is -0.0265. The highest BCUT2D eigenvalue weighted by Gasteiger charge is 2.15. The molecule has 0 radical (unpaired) electrons. The van der Waals surface area contributed by atoms with Gasteiger partial charge in [-0.05, 0) is 55.3 Å². The first kappa shape index (κ1) is 27.1. The van der Waals surface area contributed by atoms with Crippen molar-refractivity contribution in [1.29, 1.82) is 5.26 Å². The molecule has 1 heterocycles. The topological polar surface area (TPSA) is 88.4 Å². The van der Waals surface area contributed by atoms with E-state index in [0.29, 0.717) is 44.0 Å². The van der Waals surface area contributed by atoms with Gasteiger partial charge in [0.2, 0.25) is 0 Å². The van der Waals surface area contributed by atoms with Crippen molar-refractivity contribution < 1.29 is 14.3 Å². The molecule has 0 saturated heterocycles. The molecule has 2 N–H and O–H groups in total. The Bertz CT molecular complexity index is 1520. The predicted octanol–water partition coefficient (Wildman–Crippen LogP) is 7.64. The van der Waals surface area contributed by atoms with Crippen LogP contribution in [-0.2, 0) is 11.4 Å². The van der Waals surface area contributed by atoms with E-state index in [0.717, 1.165) is 22.2 Å². The van der Waals surface area contributed by atoms with Crippen molar-refractivity contribution in [2.75, 3.05) is 12.4 Å². The second-order valence-corrected chi connectivity index (χ2v) is 9.48. The number of nitrogens with zero attached hydrogens (tertiary/aromatic N) is 2. The number of hydrogen-bond acceptors (Lipinski definition) is 7. The average Bonchev–Trinajstić information content (AvgIpc) is 2.90. The van der Waals surface area contributed by atoms with Crippen LogP contribution in [0.5, 0.6) is 11.5 Å². The molecule has 0 atom stereocenters. The number of nitriles is 1. The van der Waals surface area contributed by atoms with Gasteiger partial charge in [-0.15, -0.1) is 0 Å². The smallest absolute Gasteiger partial charge is 0.163 e. The number of nitrogens with one attached hydrogen (secondary N) is 2. The molecule has 7 nitrogen and oxygen atoms in total. The number of fused-ring (bicyclic) bond motifs is 1. The van der Waals surface area contributed by atoms with Gasteiger partial charge >= 0.3 is 0 Å². The quantitative estimate of drug-likeness (QED) is 0.197. The highest BCUT2D eigenvalue weighted by molar-refractivity contribution is 6.42. The number of hydroxylamine groups is 1. The Labute approximate surface area is 231 Å². The third-order valence-corrected chi connectivity index (χ3v) is 6.30. The lowest BCUT2D eigenvalue weighted by molar-refractivity contribution is 0.0648. The first-order chi connectivity index (χ1) is 18.3. The monoisotopic (exact) mass is 548 g/mol. The molecule has 194 valence electrons. The van der Waals surface area contributed by atoms with Crippen LogP contribution < -0.4 is 20.3 Å². The maximum atomic E-state index is 9.73. The lowest BCUT2D eigenvalue weighted by Gasteiger charge is -2.17. The molecular weight excluding hydrogens is 523 g/mol. The Morgan fingerprint density at radius 1 is 1.05 bits per heavy atom. The lowest BCUT2D eigenvalue weighted by atomic mass is 10.1. The van der Waals surface area contributed by atoms with Crippen molar-refractivity contribution in [2.24, 2.45) is 0 Å². The molecule has 3 aromatic carbocycles. The Kier molecular flexibility index (Phi) is 8.59. The summed E-state index contributed by atoms with van der Waals surface area (Å²) in [5.74, 6) is 1.15. The van der Waals surface area contributed by atoms with Gasteiger partial charge in [0.25, 0.3) is 0 Å². The summed E-state index contributed by atoms with van der Waals surface area (Å²) in [5, 5.41) is 14.8. The fourth-order valence-corrected chi connectivity index (χ4v) is 4.04. The molecule has 38 heavy (non-hydrogen) atoms. The summed E-state index contributed by atoms with van der Waals surface area (Å²) in [6, 6.07) is 18.7. The molecule has 4 rings (SSSR count). The van der Waals surface area contributed by atoms with Crippen LogP contribution in [0.2, 0.25) is 10.0 Å². The molecule has 9 heteroatoms.